The highest BCUT2D eigenvalue weighted by atomic mass is 127. The van der Waals surface area contributed by atoms with Crippen molar-refractivity contribution in [2.75, 3.05) is 19.7 Å². The predicted octanol–water partition coefficient (Wildman–Crippen LogP) is 2.11. The summed E-state index contributed by atoms with van der Waals surface area (Å²) >= 11 is 8.02. The van der Waals surface area contributed by atoms with E-state index < -0.39 is 5.91 Å². The van der Waals surface area contributed by atoms with Crippen molar-refractivity contribution in [3.8, 4) is 5.75 Å². The number of halogens is 2. The molecule has 1 aromatic carbocycles. The first-order valence-corrected chi connectivity index (χ1v) is 10.7. The maximum absolute atomic E-state index is 12.1. The summed E-state index contributed by atoms with van der Waals surface area (Å²) in [5.74, 6) is -0.101. The van der Waals surface area contributed by atoms with E-state index in [9.17, 15) is 9.59 Å². The summed E-state index contributed by atoms with van der Waals surface area (Å²) in [5, 5.41) is 14.1. The molecule has 0 atom stereocenters. The van der Waals surface area contributed by atoms with E-state index in [-0.39, 0.29) is 31.5 Å². The Labute approximate surface area is 196 Å². The van der Waals surface area contributed by atoms with Crippen molar-refractivity contribution < 1.29 is 18.8 Å². The third-order valence-electron chi connectivity index (χ3n) is 4.16. The van der Waals surface area contributed by atoms with Crippen LogP contribution in [-0.4, -0.2) is 51.4 Å². The van der Waals surface area contributed by atoms with Crippen LogP contribution in [0.25, 0.3) is 0 Å². The van der Waals surface area contributed by atoms with Crippen LogP contribution in [0.1, 0.15) is 27.9 Å². The molecule has 0 aliphatic carbocycles. The van der Waals surface area contributed by atoms with Crippen LogP contribution < -0.4 is 15.4 Å². The van der Waals surface area contributed by atoms with E-state index in [4.69, 9.17) is 20.9 Å². The molecule has 0 aliphatic heterocycles. The molecule has 31 heavy (non-hydrogen) atoms. The highest BCUT2D eigenvalue weighted by Crippen LogP contribution is 2.16. The van der Waals surface area contributed by atoms with Crippen molar-refractivity contribution in [1.29, 1.82) is 0 Å². The molecule has 0 fully saturated rings. The molecule has 2 aromatic heterocycles. The zero-order valence-corrected chi connectivity index (χ0v) is 19.7. The first-order valence-electron chi connectivity index (χ1n) is 9.29. The highest BCUT2D eigenvalue weighted by molar-refractivity contribution is 14.1. The lowest BCUT2D eigenvalue weighted by Gasteiger charge is -2.07. The van der Waals surface area contributed by atoms with Gasteiger partial charge in [-0.2, -0.15) is 10.1 Å². The predicted molar refractivity (Wildman–Crippen MR) is 120 cm³/mol. The summed E-state index contributed by atoms with van der Waals surface area (Å²) in [6.45, 7) is 4.44. The monoisotopic (exact) mass is 558 g/mol. The van der Waals surface area contributed by atoms with Gasteiger partial charge in [-0.15, -0.1) is 0 Å². The van der Waals surface area contributed by atoms with Crippen molar-refractivity contribution in [3.63, 3.8) is 0 Å². The molecule has 12 heteroatoms. The van der Waals surface area contributed by atoms with Crippen LogP contribution in [0.5, 0.6) is 5.75 Å². The minimum atomic E-state index is -0.520. The number of nitrogens with zero attached hydrogens (tertiary/aromatic N) is 4. The minimum Gasteiger partial charge on any atom is -0.484 e. The second-order valence-electron chi connectivity index (χ2n) is 6.51. The molecule has 0 unspecified atom stereocenters. The first kappa shape index (κ1) is 23.0. The number of carbonyl (C=O) groups excluding carboxylic acids is 2. The standard InChI is InChI=1S/C19H20ClIN6O4/c1-11-17(21)12(2)27(25-11)9-15-24-19(31-26-15)18(29)23-8-7-22-16(28)10-30-14-5-3-13(20)4-6-14/h3-6H,7-10H2,1-2H3,(H,22,28)(H,23,29). The van der Waals surface area contributed by atoms with Crippen molar-refractivity contribution in [1.82, 2.24) is 30.6 Å². The third kappa shape index (κ3) is 6.40. The van der Waals surface area contributed by atoms with Crippen molar-refractivity contribution in [3.05, 3.63) is 56.0 Å². The average molecular weight is 559 g/mol. The molecular formula is C19H20ClIN6O4. The van der Waals surface area contributed by atoms with E-state index in [1.165, 1.54) is 0 Å². The Morgan fingerprint density at radius 1 is 1.19 bits per heavy atom. The van der Waals surface area contributed by atoms with E-state index in [0.29, 0.717) is 23.1 Å². The maximum Gasteiger partial charge on any atom is 0.316 e. The molecule has 0 radical (unpaired) electrons. The first-order chi connectivity index (χ1) is 14.8. The molecule has 3 aromatic rings. The second-order valence-corrected chi connectivity index (χ2v) is 8.02. The topological polar surface area (TPSA) is 124 Å². The number of nitrogens with one attached hydrogen (secondary N) is 2. The van der Waals surface area contributed by atoms with Crippen molar-refractivity contribution in [2.45, 2.75) is 20.4 Å². The number of benzene rings is 1. The molecule has 0 aliphatic rings. The molecule has 2 heterocycles. The lowest BCUT2D eigenvalue weighted by atomic mass is 10.3. The summed E-state index contributed by atoms with van der Waals surface area (Å²) in [7, 11) is 0. The Hall–Kier alpha value is -2.67. The Morgan fingerprint density at radius 2 is 1.90 bits per heavy atom. The van der Waals surface area contributed by atoms with E-state index >= 15 is 0 Å². The van der Waals surface area contributed by atoms with Gasteiger partial charge in [0, 0.05) is 23.8 Å². The molecule has 2 N–H and O–H groups in total. The van der Waals surface area contributed by atoms with Crippen LogP contribution >= 0.6 is 34.2 Å². The number of aromatic nitrogens is 4. The summed E-state index contributed by atoms with van der Waals surface area (Å²) in [4.78, 5) is 28.0. The Kier molecular flexibility index (Phi) is 7.85. The quantitative estimate of drug-likeness (QED) is 0.305. The average Bonchev–Trinajstić information content (AvgIpc) is 3.31. The minimum absolute atomic E-state index is 0.145. The zero-order chi connectivity index (χ0) is 22.4. The smallest absolute Gasteiger partial charge is 0.316 e. The lowest BCUT2D eigenvalue weighted by molar-refractivity contribution is -0.123. The van der Waals surface area contributed by atoms with Crippen LogP contribution in [0.15, 0.2) is 28.8 Å². The lowest BCUT2D eigenvalue weighted by Crippen LogP contribution is -2.36. The number of aryl methyl sites for hydroxylation is 1. The summed E-state index contributed by atoms with van der Waals surface area (Å²) in [6, 6.07) is 6.69. The van der Waals surface area contributed by atoms with Gasteiger partial charge >= 0.3 is 11.8 Å². The third-order valence-corrected chi connectivity index (χ3v) is 5.98. The fraction of sp³-hybridized carbons (Fsp3) is 0.316. The number of rotatable bonds is 9. The van der Waals surface area contributed by atoms with E-state index in [1.807, 2.05) is 13.8 Å². The molecule has 0 saturated heterocycles. The van der Waals surface area contributed by atoms with E-state index in [2.05, 4.69) is 48.5 Å². The molecule has 0 saturated carbocycles. The van der Waals surface area contributed by atoms with Crippen LogP contribution in [0.2, 0.25) is 5.02 Å². The van der Waals surface area contributed by atoms with Gasteiger partial charge in [-0.1, -0.05) is 16.8 Å². The fourth-order valence-electron chi connectivity index (χ4n) is 2.56. The molecule has 3 rings (SSSR count). The van der Waals surface area contributed by atoms with Crippen molar-refractivity contribution >= 4 is 46.0 Å². The highest BCUT2D eigenvalue weighted by Gasteiger charge is 2.17. The normalized spacial score (nSPS) is 10.7. The maximum atomic E-state index is 12.1. The number of amides is 2. The van der Waals surface area contributed by atoms with Crippen LogP contribution in [0.3, 0.4) is 0 Å². The van der Waals surface area contributed by atoms with Crippen LogP contribution in [0, 0.1) is 17.4 Å². The van der Waals surface area contributed by atoms with Gasteiger partial charge in [0.2, 0.25) is 0 Å². The fourth-order valence-corrected chi connectivity index (χ4v) is 3.07. The number of ether oxygens (including phenoxy) is 1. The SMILES string of the molecule is Cc1nn(Cc2noc(C(=O)NCCNC(=O)COc3ccc(Cl)cc3)n2)c(C)c1I. The Bertz CT molecular complexity index is 1070. The van der Waals surface area contributed by atoms with Crippen LogP contribution in [0.4, 0.5) is 0 Å². The molecular weight excluding hydrogens is 539 g/mol. The van der Waals surface area contributed by atoms with Gasteiger partial charge in [0.25, 0.3) is 5.91 Å². The molecule has 0 spiro atoms. The van der Waals surface area contributed by atoms with Crippen LogP contribution in [-0.2, 0) is 11.3 Å². The second kappa shape index (κ2) is 10.6. The molecule has 2 amide bonds. The van der Waals surface area contributed by atoms with E-state index in [0.717, 1.165) is 15.0 Å². The zero-order valence-electron chi connectivity index (χ0n) is 16.8. The van der Waals surface area contributed by atoms with Gasteiger partial charge in [0.1, 0.15) is 12.3 Å². The Balaban J connectivity index is 1.38. The van der Waals surface area contributed by atoms with Gasteiger partial charge in [-0.25, -0.2) is 0 Å². The van der Waals surface area contributed by atoms with Gasteiger partial charge in [-0.05, 0) is 60.7 Å². The van der Waals surface area contributed by atoms with Gasteiger partial charge in [0.05, 0.1) is 9.26 Å². The molecule has 164 valence electrons. The summed E-state index contributed by atoms with van der Waals surface area (Å²) in [5.41, 5.74) is 1.91. The molecule has 10 nitrogen and oxygen atoms in total. The van der Waals surface area contributed by atoms with Gasteiger partial charge in [-0.3, -0.25) is 14.3 Å². The number of hydrogen-bond acceptors (Lipinski definition) is 7. The Morgan fingerprint density at radius 3 is 2.58 bits per heavy atom. The van der Waals surface area contributed by atoms with Gasteiger partial charge in [0.15, 0.2) is 12.4 Å². The number of hydrogen-bond donors (Lipinski definition) is 2. The summed E-state index contributed by atoms with van der Waals surface area (Å²) in [6.07, 6.45) is 0. The number of carbonyl (C=O) groups is 2. The van der Waals surface area contributed by atoms with Crippen molar-refractivity contribution in [2.24, 2.45) is 0 Å². The van der Waals surface area contributed by atoms with E-state index in [1.54, 1.807) is 28.9 Å². The summed E-state index contributed by atoms with van der Waals surface area (Å²) < 4.78 is 13.2. The largest absolute Gasteiger partial charge is 0.484 e. The van der Waals surface area contributed by atoms with Gasteiger partial charge < -0.3 is 19.9 Å². The molecule has 0 bridgehead atoms.